The lowest BCUT2D eigenvalue weighted by molar-refractivity contribution is 0.446. The van der Waals surface area contributed by atoms with Gasteiger partial charge in [0.15, 0.2) is 0 Å². The van der Waals surface area contributed by atoms with Crippen LogP contribution in [0.4, 0.5) is 0 Å². The molecule has 1 fully saturated rings. The van der Waals surface area contributed by atoms with Crippen molar-refractivity contribution in [1.82, 2.24) is 0 Å². The summed E-state index contributed by atoms with van der Waals surface area (Å²) in [5, 5.41) is 10.4. The summed E-state index contributed by atoms with van der Waals surface area (Å²) in [5.74, 6) is 0.309. The van der Waals surface area contributed by atoms with Crippen LogP contribution in [0, 0.1) is 0 Å². The molecule has 2 rings (SSSR count). The van der Waals surface area contributed by atoms with Gasteiger partial charge < -0.3 is 10.8 Å². The van der Waals surface area contributed by atoms with Crippen molar-refractivity contribution >= 4 is 11.6 Å². The number of hydrogen-bond donors (Lipinski definition) is 2. The number of benzene rings is 1. The zero-order valence-electron chi connectivity index (χ0n) is 8.13. The van der Waals surface area contributed by atoms with Crippen LogP contribution in [-0.4, -0.2) is 11.1 Å². The quantitative estimate of drug-likeness (QED) is 0.789. The van der Waals surface area contributed by atoms with Gasteiger partial charge in [-0.3, -0.25) is 0 Å². The van der Waals surface area contributed by atoms with E-state index in [0.717, 1.165) is 18.4 Å². The number of aromatic hydroxyl groups is 1. The second kappa shape index (κ2) is 3.14. The van der Waals surface area contributed by atoms with Crippen LogP contribution in [0.3, 0.4) is 0 Å². The maximum absolute atomic E-state index is 9.75. The number of nitrogens with two attached hydrogens (primary N) is 1. The highest BCUT2D eigenvalue weighted by Gasteiger charge is 2.48. The molecular weight excluding hydrogens is 198 g/mol. The van der Waals surface area contributed by atoms with Crippen molar-refractivity contribution in [2.24, 2.45) is 5.73 Å². The van der Waals surface area contributed by atoms with Crippen molar-refractivity contribution in [3.8, 4) is 5.75 Å². The van der Waals surface area contributed by atoms with E-state index >= 15 is 0 Å². The third-order valence-electron chi connectivity index (χ3n) is 3.16. The molecule has 0 amide bonds. The highest BCUT2D eigenvalue weighted by atomic mass is 35.5. The third kappa shape index (κ3) is 1.39. The summed E-state index contributed by atoms with van der Waals surface area (Å²) in [4.78, 5) is 0. The van der Waals surface area contributed by atoms with Gasteiger partial charge in [-0.25, -0.2) is 0 Å². The van der Waals surface area contributed by atoms with Gasteiger partial charge in [-0.05, 0) is 38.0 Å². The summed E-state index contributed by atoms with van der Waals surface area (Å²) in [6, 6.07) is 5.22. The van der Waals surface area contributed by atoms with Crippen LogP contribution in [0.25, 0.3) is 0 Å². The maximum Gasteiger partial charge on any atom is 0.119 e. The van der Waals surface area contributed by atoms with Gasteiger partial charge in [0, 0.05) is 22.0 Å². The lowest BCUT2D eigenvalue weighted by Gasteiger charge is -2.21. The summed E-state index contributed by atoms with van der Waals surface area (Å²) in [6.07, 6.45) is 2.08. The van der Waals surface area contributed by atoms with Crippen molar-refractivity contribution in [3.63, 3.8) is 0 Å². The van der Waals surface area contributed by atoms with Gasteiger partial charge in [0.2, 0.25) is 0 Å². The molecule has 1 atom stereocenters. The van der Waals surface area contributed by atoms with E-state index in [1.54, 1.807) is 12.1 Å². The lowest BCUT2D eigenvalue weighted by Crippen LogP contribution is -2.31. The molecule has 14 heavy (non-hydrogen) atoms. The van der Waals surface area contributed by atoms with E-state index in [-0.39, 0.29) is 11.5 Å². The highest BCUT2D eigenvalue weighted by Crippen LogP contribution is 2.53. The number of hydrogen-bond acceptors (Lipinski definition) is 2. The Bertz CT molecular complexity index is 358. The number of phenols is 1. The second-order valence-electron chi connectivity index (χ2n) is 4.11. The first-order chi connectivity index (χ1) is 6.56. The Morgan fingerprint density at radius 2 is 2.14 bits per heavy atom. The first kappa shape index (κ1) is 9.81. The Hall–Kier alpha value is -0.730. The summed E-state index contributed by atoms with van der Waals surface area (Å²) in [5.41, 5.74) is 6.80. The van der Waals surface area contributed by atoms with Gasteiger partial charge in [-0.1, -0.05) is 11.6 Å². The number of halogens is 1. The standard InChI is InChI=1S/C11H14ClNO/c1-7(13)11(4-5-11)9-6-8(12)2-3-10(9)14/h2-3,6-7,14H,4-5,13H2,1H3. The zero-order chi connectivity index (χ0) is 10.3. The first-order valence-corrected chi connectivity index (χ1v) is 5.19. The predicted octanol–water partition coefficient (Wildman–Crippen LogP) is 2.42. The van der Waals surface area contributed by atoms with Crippen LogP contribution in [0.2, 0.25) is 5.02 Å². The Kier molecular flexibility index (Phi) is 2.20. The van der Waals surface area contributed by atoms with Gasteiger partial charge in [0.25, 0.3) is 0 Å². The van der Waals surface area contributed by atoms with E-state index < -0.39 is 0 Å². The van der Waals surface area contributed by atoms with Gasteiger partial charge in [0.1, 0.15) is 5.75 Å². The summed E-state index contributed by atoms with van der Waals surface area (Å²) in [6.45, 7) is 1.98. The van der Waals surface area contributed by atoms with Crippen molar-refractivity contribution in [2.45, 2.75) is 31.2 Å². The summed E-state index contributed by atoms with van der Waals surface area (Å²) >= 11 is 5.90. The fraction of sp³-hybridized carbons (Fsp3) is 0.455. The third-order valence-corrected chi connectivity index (χ3v) is 3.39. The molecule has 1 saturated carbocycles. The van der Waals surface area contributed by atoms with Crippen molar-refractivity contribution < 1.29 is 5.11 Å². The first-order valence-electron chi connectivity index (χ1n) is 4.81. The van der Waals surface area contributed by atoms with E-state index in [2.05, 4.69) is 0 Å². The Labute approximate surface area is 88.7 Å². The Morgan fingerprint density at radius 1 is 1.50 bits per heavy atom. The van der Waals surface area contributed by atoms with Crippen molar-refractivity contribution in [3.05, 3.63) is 28.8 Å². The van der Waals surface area contributed by atoms with E-state index in [1.807, 2.05) is 13.0 Å². The molecule has 1 aliphatic rings. The molecule has 1 aromatic rings. The molecule has 0 aromatic heterocycles. The van der Waals surface area contributed by atoms with Crippen LogP contribution in [0.5, 0.6) is 5.75 Å². The molecule has 2 nitrogen and oxygen atoms in total. The molecule has 76 valence electrons. The van der Waals surface area contributed by atoms with Crippen LogP contribution < -0.4 is 5.73 Å². The van der Waals surface area contributed by atoms with E-state index in [1.165, 1.54) is 0 Å². The summed E-state index contributed by atoms with van der Waals surface area (Å²) in [7, 11) is 0. The van der Waals surface area contributed by atoms with Crippen LogP contribution in [0.1, 0.15) is 25.3 Å². The largest absolute Gasteiger partial charge is 0.508 e. The Morgan fingerprint density at radius 3 is 2.64 bits per heavy atom. The molecule has 1 aliphatic carbocycles. The number of rotatable bonds is 2. The van der Waals surface area contributed by atoms with E-state index in [0.29, 0.717) is 10.8 Å². The van der Waals surface area contributed by atoms with E-state index in [4.69, 9.17) is 17.3 Å². The monoisotopic (exact) mass is 211 g/mol. The molecule has 0 radical (unpaired) electrons. The average Bonchev–Trinajstić information content (AvgIpc) is 2.90. The molecule has 0 heterocycles. The smallest absolute Gasteiger partial charge is 0.119 e. The van der Waals surface area contributed by atoms with Crippen LogP contribution in [0.15, 0.2) is 18.2 Å². The molecule has 1 aromatic carbocycles. The molecule has 0 bridgehead atoms. The van der Waals surface area contributed by atoms with Gasteiger partial charge in [-0.2, -0.15) is 0 Å². The lowest BCUT2D eigenvalue weighted by atomic mass is 9.89. The normalized spacial score (nSPS) is 20.5. The molecular formula is C11H14ClNO. The molecule has 0 aliphatic heterocycles. The van der Waals surface area contributed by atoms with Gasteiger partial charge in [0.05, 0.1) is 0 Å². The second-order valence-corrected chi connectivity index (χ2v) is 4.54. The molecule has 0 saturated heterocycles. The topological polar surface area (TPSA) is 46.2 Å². The molecule has 1 unspecified atom stereocenters. The maximum atomic E-state index is 9.75. The van der Waals surface area contributed by atoms with Gasteiger partial charge in [-0.15, -0.1) is 0 Å². The zero-order valence-corrected chi connectivity index (χ0v) is 8.88. The highest BCUT2D eigenvalue weighted by molar-refractivity contribution is 6.30. The minimum Gasteiger partial charge on any atom is -0.508 e. The number of phenolic OH excluding ortho intramolecular Hbond substituents is 1. The van der Waals surface area contributed by atoms with Crippen LogP contribution >= 0.6 is 11.6 Å². The average molecular weight is 212 g/mol. The van der Waals surface area contributed by atoms with Crippen molar-refractivity contribution in [1.29, 1.82) is 0 Å². The fourth-order valence-corrected chi connectivity index (χ4v) is 2.18. The van der Waals surface area contributed by atoms with Crippen LogP contribution in [-0.2, 0) is 5.41 Å². The molecule has 3 N–H and O–H groups in total. The predicted molar refractivity (Wildman–Crippen MR) is 57.7 cm³/mol. The minimum absolute atomic E-state index is 0.0328. The fourth-order valence-electron chi connectivity index (χ4n) is 2.01. The summed E-state index contributed by atoms with van der Waals surface area (Å²) < 4.78 is 0. The Balaban J connectivity index is 2.46. The minimum atomic E-state index is -0.0328. The molecule has 0 spiro atoms. The molecule has 3 heteroatoms. The van der Waals surface area contributed by atoms with Crippen molar-refractivity contribution in [2.75, 3.05) is 0 Å². The van der Waals surface area contributed by atoms with Gasteiger partial charge >= 0.3 is 0 Å². The SMILES string of the molecule is CC(N)C1(c2cc(Cl)ccc2O)CC1. The van der Waals surface area contributed by atoms with E-state index in [9.17, 15) is 5.11 Å².